The molecule has 0 aliphatic heterocycles. The molecule has 4 aromatic rings. The standard InChI is InChI=1S/C23H18Cl2N6O3S/c24-17-11-19-20(12-18(17)25)30(21(27-19)10-14-4-2-1-3-5-14)13-22(32)28-29-23(35)26-15-6-8-16(9-7-15)31(33)34/h1-9,11-12H,10,13H2,(H,28,32)(H2,26,29,35). The molecule has 1 heterocycles. The smallest absolute Gasteiger partial charge is 0.269 e. The molecule has 3 aromatic carbocycles. The number of hydrazine groups is 1. The van der Waals surface area contributed by atoms with Crippen LogP contribution in [0.25, 0.3) is 11.0 Å². The molecular formula is C23H18Cl2N6O3S. The van der Waals surface area contributed by atoms with E-state index in [1.54, 1.807) is 16.7 Å². The van der Waals surface area contributed by atoms with Crippen LogP contribution in [0.1, 0.15) is 11.4 Å². The number of rotatable bonds is 6. The summed E-state index contributed by atoms with van der Waals surface area (Å²) in [6, 6.07) is 18.8. The number of anilines is 1. The Hall–Kier alpha value is -3.73. The van der Waals surface area contributed by atoms with Gasteiger partial charge >= 0.3 is 0 Å². The molecule has 35 heavy (non-hydrogen) atoms. The molecule has 1 amide bonds. The number of hydrogen-bond acceptors (Lipinski definition) is 5. The van der Waals surface area contributed by atoms with E-state index in [1.807, 2.05) is 30.3 Å². The molecule has 1 aromatic heterocycles. The molecule has 0 atom stereocenters. The number of thiocarbonyl (C=S) groups is 1. The minimum atomic E-state index is -0.492. The lowest BCUT2D eigenvalue weighted by Gasteiger charge is -2.13. The van der Waals surface area contributed by atoms with Crippen LogP contribution in [0.3, 0.4) is 0 Å². The number of hydrogen-bond donors (Lipinski definition) is 3. The zero-order valence-corrected chi connectivity index (χ0v) is 20.3. The summed E-state index contributed by atoms with van der Waals surface area (Å²) in [5.74, 6) is 0.295. The fourth-order valence-corrected chi connectivity index (χ4v) is 3.88. The lowest BCUT2D eigenvalue weighted by Crippen LogP contribution is -2.45. The van der Waals surface area contributed by atoms with E-state index < -0.39 is 4.92 Å². The second-order valence-corrected chi connectivity index (χ2v) is 8.69. The molecule has 12 heteroatoms. The van der Waals surface area contributed by atoms with Crippen molar-refractivity contribution in [3.63, 3.8) is 0 Å². The van der Waals surface area contributed by atoms with Gasteiger partial charge in [-0.15, -0.1) is 0 Å². The van der Waals surface area contributed by atoms with Crippen LogP contribution >= 0.6 is 35.4 Å². The maximum Gasteiger partial charge on any atom is 0.269 e. The summed E-state index contributed by atoms with van der Waals surface area (Å²) in [7, 11) is 0. The van der Waals surface area contributed by atoms with Crippen LogP contribution in [-0.2, 0) is 17.8 Å². The van der Waals surface area contributed by atoms with E-state index in [-0.39, 0.29) is 23.3 Å². The fourth-order valence-electron chi connectivity index (χ4n) is 3.40. The summed E-state index contributed by atoms with van der Waals surface area (Å²) in [5, 5.41) is 14.5. The van der Waals surface area contributed by atoms with Crippen LogP contribution in [0.2, 0.25) is 10.0 Å². The van der Waals surface area contributed by atoms with Crippen molar-refractivity contribution in [1.29, 1.82) is 0 Å². The van der Waals surface area contributed by atoms with Gasteiger partial charge in [0, 0.05) is 24.2 Å². The summed E-state index contributed by atoms with van der Waals surface area (Å²) < 4.78 is 1.77. The number of benzene rings is 3. The maximum absolute atomic E-state index is 12.7. The third kappa shape index (κ3) is 6.04. The molecule has 9 nitrogen and oxygen atoms in total. The largest absolute Gasteiger partial charge is 0.331 e. The van der Waals surface area contributed by atoms with E-state index >= 15 is 0 Å². The van der Waals surface area contributed by atoms with Crippen LogP contribution in [0.5, 0.6) is 0 Å². The number of halogens is 2. The Balaban J connectivity index is 1.46. The van der Waals surface area contributed by atoms with Gasteiger partial charge < -0.3 is 9.88 Å². The van der Waals surface area contributed by atoms with Crippen molar-refractivity contribution in [2.45, 2.75) is 13.0 Å². The number of carbonyl (C=O) groups excluding carboxylic acids is 1. The van der Waals surface area contributed by atoms with Crippen molar-refractivity contribution in [2.75, 3.05) is 5.32 Å². The number of imidazole rings is 1. The molecule has 178 valence electrons. The molecule has 0 saturated carbocycles. The van der Waals surface area contributed by atoms with E-state index in [0.29, 0.717) is 39.0 Å². The average molecular weight is 529 g/mol. The first-order valence-electron chi connectivity index (χ1n) is 10.3. The van der Waals surface area contributed by atoms with E-state index in [1.165, 1.54) is 24.3 Å². The molecule has 0 unspecified atom stereocenters. The Morgan fingerprint density at radius 2 is 1.71 bits per heavy atom. The van der Waals surface area contributed by atoms with E-state index in [4.69, 9.17) is 35.4 Å². The lowest BCUT2D eigenvalue weighted by atomic mass is 10.1. The molecule has 0 saturated heterocycles. The number of nitro benzene ring substituents is 1. The lowest BCUT2D eigenvalue weighted by molar-refractivity contribution is -0.384. The Labute approximate surface area is 215 Å². The number of nitrogens with one attached hydrogen (secondary N) is 3. The zero-order chi connectivity index (χ0) is 24.9. The monoisotopic (exact) mass is 528 g/mol. The number of nitrogens with zero attached hydrogens (tertiary/aromatic N) is 3. The number of non-ortho nitro benzene ring substituents is 1. The Kier molecular flexibility index (Phi) is 7.45. The van der Waals surface area contributed by atoms with Crippen molar-refractivity contribution in [3.8, 4) is 0 Å². The predicted octanol–water partition coefficient (Wildman–Crippen LogP) is 4.86. The summed E-state index contributed by atoms with van der Waals surface area (Å²) in [6.07, 6.45) is 0.506. The molecule has 4 rings (SSSR count). The van der Waals surface area contributed by atoms with Gasteiger partial charge in [-0.05, 0) is 42.0 Å². The van der Waals surface area contributed by atoms with Crippen LogP contribution in [0.15, 0.2) is 66.7 Å². The van der Waals surface area contributed by atoms with Crippen LogP contribution in [0.4, 0.5) is 11.4 Å². The SMILES string of the molecule is O=C(Cn1c(Cc2ccccc2)nc2cc(Cl)c(Cl)cc21)NNC(=S)Nc1ccc([N+](=O)[O-])cc1. The quantitative estimate of drug-likeness (QED) is 0.186. The van der Waals surface area contributed by atoms with Crippen molar-refractivity contribution >= 4 is 68.8 Å². The molecular weight excluding hydrogens is 511 g/mol. The normalized spacial score (nSPS) is 10.7. The van der Waals surface area contributed by atoms with Gasteiger partial charge in [-0.2, -0.15) is 0 Å². The maximum atomic E-state index is 12.7. The first-order valence-corrected chi connectivity index (χ1v) is 11.4. The molecule has 3 N–H and O–H groups in total. The van der Waals surface area contributed by atoms with Crippen LogP contribution in [-0.4, -0.2) is 25.5 Å². The highest BCUT2D eigenvalue weighted by Gasteiger charge is 2.16. The Morgan fingerprint density at radius 1 is 1.03 bits per heavy atom. The number of fused-ring (bicyclic) bond motifs is 1. The highest BCUT2D eigenvalue weighted by Crippen LogP contribution is 2.29. The number of carbonyl (C=O) groups is 1. The average Bonchev–Trinajstić information content (AvgIpc) is 3.14. The van der Waals surface area contributed by atoms with Gasteiger partial charge in [0.25, 0.3) is 11.6 Å². The van der Waals surface area contributed by atoms with Gasteiger partial charge in [0.05, 0.1) is 26.0 Å². The molecule has 0 radical (unpaired) electrons. The third-order valence-electron chi connectivity index (χ3n) is 5.03. The Morgan fingerprint density at radius 3 is 2.40 bits per heavy atom. The molecule has 0 bridgehead atoms. The summed E-state index contributed by atoms with van der Waals surface area (Å²) in [5.41, 5.74) is 7.99. The zero-order valence-electron chi connectivity index (χ0n) is 18.0. The summed E-state index contributed by atoms with van der Waals surface area (Å²) in [6.45, 7) is -0.0518. The third-order valence-corrected chi connectivity index (χ3v) is 5.95. The van der Waals surface area contributed by atoms with E-state index in [0.717, 1.165) is 5.56 Å². The van der Waals surface area contributed by atoms with Gasteiger partial charge in [-0.3, -0.25) is 25.8 Å². The van der Waals surface area contributed by atoms with Gasteiger partial charge in [-0.1, -0.05) is 53.5 Å². The second-order valence-electron chi connectivity index (χ2n) is 7.46. The van der Waals surface area contributed by atoms with Gasteiger partial charge in [0.2, 0.25) is 0 Å². The predicted molar refractivity (Wildman–Crippen MR) is 140 cm³/mol. The van der Waals surface area contributed by atoms with Crippen molar-refractivity contribution < 1.29 is 9.72 Å². The highest BCUT2D eigenvalue weighted by atomic mass is 35.5. The van der Waals surface area contributed by atoms with Gasteiger partial charge in [0.15, 0.2) is 5.11 Å². The van der Waals surface area contributed by atoms with Crippen molar-refractivity contribution in [1.82, 2.24) is 20.4 Å². The highest BCUT2D eigenvalue weighted by molar-refractivity contribution is 7.80. The van der Waals surface area contributed by atoms with Crippen LogP contribution < -0.4 is 16.2 Å². The first kappa shape index (κ1) is 24.4. The van der Waals surface area contributed by atoms with Crippen LogP contribution in [0, 0.1) is 10.1 Å². The number of nitro groups is 1. The van der Waals surface area contributed by atoms with E-state index in [2.05, 4.69) is 21.2 Å². The number of amides is 1. The molecule has 0 fully saturated rings. The topological polar surface area (TPSA) is 114 Å². The first-order chi connectivity index (χ1) is 16.8. The summed E-state index contributed by atoms with van der Waals surface area (Å²) >= 11 is 17.6. The Bertz CT molecular complexity index is 1410. The minimum Gasteiger partial charge on any atom is -0.331 e. The van der Waals surface area contributed by atoms with Crippen molar-refractivity contribution in [3.05, 3.63) is 98.3 Å². The minimum absolute atomic E-state index is 0.0389. The summed E-state index contributed by atoms with van der Waals surface area (Å²) in [4.78, 5) is 27.7. The molecule has 0 spiro atoms. The van der Waals surface area contributed by atoms with Gasteiger partial charge in [0.1, 0.15) is 12.4 Å². The molecule has 0 aliphatic rings. The van der Waals surface area contributed by atoms with Gasteiger partial charge in [-0.25, -0.2) is 4.98 Å². The molecule has 0 aliphatic carbocycles. The fraction of sp³-hybridized carbons (Fsp3) is 0.0870. The van der Waals surface area contributed by atoms with Crippen molar-refractivity contribution in [2.24, 2.45) is 0 Å². The number of aromatic nitrogens is 2. The second kappa shape index (κ2) is 10.7. The van der Waals surface area contributed by atoms with E-state index in [9.17, 15) is 14.9 Å².